The number of carbonyl (C=O) groups excluding carboxylic acids is 1. The number of hydrogen-bond acceptors (Lipinski definition) is 4. The molecule has 0 spiro atoms. The molecule has 3 rings (SSSR count). The van der Waals surface area contributed by atoms with Gasteiger partial charge in [0, 0.05) is 5.56 Å². The second-order valence-electron chi connectivity index (χ2n) is 5.69. The highest BCUT2D eigenvalue weighted by Crippen LogP contribution is 2.36. The Morgan fingerprint density at radius 1 is 1.12 bits per heavy atom. The van der Waals surface area contributed by atoms with Gasteiger partial charge in [-0.25, -0.2) is 17.6 Å². The maximum absolute atomic E-state index is 13.7. The summed E-state index contributed by atoms with van der Waals surface area (Å²) in [6, 6.07) is 14.4. The lowest BCUT2D eigenvalue weighted by Crippen LogP contribution is -2.37. The molecule has 2 aromatic rings. The predicted octanol–water partition coefficient (Wildman–Crippen LogP) is 3.00. The molecule has 0 aliphatic carbocycles. The van der Waals surface area contributed by atoms with Gasteiger partial charge in [0.15, 0.2) is 5.60 Å². The maximum Gasteiger partial charge on any atom is 0.425 e. The van der Waals surface area contributed by atoms with E-state index in [1.54, 1.807) is 42.5 Å². The third kappa shape index (κ3) is 2.65. The Bertz CT molecular complexity index is 852. The van der Waals surface area contributed by atoms with Crippen LogP contribution in [0, 0.1) is 6.92 Å². The van der Waals surface area contributed by atoms with Crippen molar-refractivity contribution in [3.8, 4) is 0 Å². The molecule has 2 aromatic carbocycles. The van der Waals surface area contributed by atoms with Crippen LogP contribution in [0.1, 0.15) is 11.1 Å². The minimum absolute atomic E-state index is 0.0345. The molecule has 1 atom stereocenters. The van der Waals surface area contributed by atoms with Crippen LogP contribution in [0.25, 0.3) is 0 Å². The van der Waals surface area contributed by atoms with Gasteiger partial charge in [-0.15, -0.1) is 0 Å². The van der Waals surface area contributed by atoms with Crippen molar-refractivity contribution in [2.75, 3.05) is 13.2 Å². The summed E-state index contributed by atoms with van der Waals surface area (Å²) in [6.07, 6.45) is -1.07. The van der Waals surface area contributed by atoms with E-state index < -0.39 is 34.9 Å². The number of hydrogen-bond donors (Lipinski definition) is 0. The third-order valence-electron chi connectivity index (χ3n) is 4.01. The maximum atomic E-state index is 13.7. The Hall–Kier alpha value is -2.41. The Balaban J connectivity index is 1.99. The Labute approximate surface area is 139 Å². The molecule has 7 heteroatoms. The van der Waals surface area contributed by atoms with Crippen molar-refractivity contribution in [3.63, 3.8) is 0 Å². The molecular weight excluding hydrogens is 333 g/mol. The minimum atomic E-state index is -4.10. The first-order valence-electron chi connectivity index (χ1n) is 7.33. The van der Waals surface area contributed by atoms with Crippen molar-refractivity contribution in [2.24, 2.45) is 0 Å². The van der Waals surface area contributed by atoms with Crippen LogP contribution in [-0.4, -0.2) is 32.0 Å². The molecule has 1 saturated heterocycles. The zero-order valence-electron chi connectivity index (χ0n) is 13.0. The van der Waals surface area contributed by atoms with Crippen LogP contribution in [0.5, 0.6) is 0 Å². The van der Waals surface area contributed by atoms with Crippen LogP contribution >= 0.6 is 0 Å². The number of amides is 1. The summed E-state index contributed by atoms with van der Waals surface area (Å²) >= 11 is 0. The highest BCUT2D eigenvalue weighted by molar-refractivity contribution is 7.89. The summed E-state index contributed by atoms with van der Waals surface area (Å²) in [5, 5.41) is 0. The zero-order valence-corrected chi connectivity index (χ0v) is 13.8. The molecule has 0 N–H and O–H groups in total. The van der Waals surface area contributed by atoms with Crippen molar-refractivity contribution in [1.29, 1.82) is 0 Å². The average Bonchev–Trinajstić information content (AvgIpc) is 2.95. The molecule has 1 fully saturated rings. The van der Waals surface area contributed by atoms with Crippen LogP contribution in [0.15, 0.2) is 59.5 Å². The molecule has 0 saturated carbocycles. The summed E-state index contributed by atoms with van der Waals surface area (Å²) in [5.41, 5.74) is -0.307. The standard InChI is InChI=1S/C17H16FNO4S/c1-13-7-9-15(10-8-13)24(21,22)19-12-17(11-18,23-16(19)20)14-5-3-2-4-6-14/h2-10H,11-12H2,1H3. The molecule has 126 valence electrons. The quantitative estimate of drug-likeness (QED) is 0.851. The van der Waals surface area contributed by atoms with Gasteiger partial charge in [-0.05, 0) is 19.1 Å². The van der Waals surface area contributed by atoms with Crippen molar-refractivity contribution in [2.45, 2.75) is 17.4 Å². The van der Waals surface area contributed by atoms with Crippen molar-refractivity contribution >= 4 is 16.1 Å². The van der Waals surface area contributed by atoms with E-state index in [0.29, 0.717) is 9.87 Å². The van der Waals surface area contributed by atoms with E-state index in [-0.39, 0.29) is 4.90 Å². The number of ether oxygens (including phenoxy) is 1. The van der Waals surface area contributed by atoms with Crippen molar-refractivity contribution in [3.05, 3.63) is 65.7 Å². The fourth-order valence-electron chi connectivity index (χ4n) is 2.61. The van der Waals surface area contributed by atoms with Crippen molar-refractivity contribution in [1.82, 2.24) is 4.31 Å². The fourth-order valence-corrected chi connectivity index (χ4v) is 3.95. The van der Waals surface area contributed by atoms with E-state index in [2.05, 4.69) is 0 Å². The van der Waals surface area contributed by atoms with Gasteiger partial charge in [-0.3, -0.25) is 0 Å². The predicted molar refractivity (Wildman–Crippen MR) is 85.6 cm³/mol. The number of sulfonamides is 1. The van der Waals surface area contributed by atoms with E-state index in [4.69, 9.17) is 4.74 Å². The lowest BCUT2D eigenvalue weighted by Gasteiger charge is -2.23. The van der Waals surface area contributed by atoms with Gasteiger partial charge in [-0.1, -0.05) is 48.0 Å². The van der Waals surface area contributed by atoms with Gasteiger partial charge >= 0.3 is 6.09 Å². The Morgan fingerprint density at radius 2 is 1.75 bits per heavy atom. The summed E-state index contributed by atoms with van der Waals surface area (Å²) in [7, 11) is -4.10. The molecule has 5 nitrogen and oxygen atoms in total. The largest absolute Gasteiger partial charge is 0.432 e. The Kier molecular flexibility index (Phi) is 4.04. The molecule has 1 heterocycles. The lowest BCUT2D eigenvalue weighted by atomic mass is 9.96. The van der Waals surface area contributed by atoms with Gasteiger partial charge in [0.25, 0.3) is 10.0 Å². The van der Waals surface area contributed by atoms with Gasteiger partial charge in [-0.2, -0.15) is 4.31 Å². The molecule has 24 heavy (non-hydrogen) atoms. The molecule has 1 unspecified atom stereocenters. The number of carbonyl (C=O) groups is 1. The number of rotatable bonds is 4. The number of alkyl halides is 1. The van der Waals surface area contributed by atoms with Crippen LogP contribution in [0.4, 0.5) is 9.18 Å². The first kappa shape index (κ1) is 16.4. The molecule has 0 radical (unpaired) electrons. The van der Waals surface area contributed by atoms with Crippen LogP contribution in [0.2, 0.25) is 0 Å². The van der Waals surface area contributed by atoms with E-state index in [0.717, 1.165) is 5.56 Å². The van der Waals surface area contributed by atoms with Gasteiger partial charge in [0.2, 0.25) is 0 Å². The van der Waals surface area contributed by atoms with E-state index in [9.17, 15) is 17.6 Å². The summed E-state index contributed by atoms with van der Waals surface area (Å²) in [6.45, 7) is 0.412. The zero-order chi connectivity index (χ0) is 17.4. The summed E-state index contributed by atoms with van der Waals surface area (Å²) < 4.78 is 44.9. The molecular formula is C17H16FNO4S. The highest BCUT2D eigenvalue weighted by atomic mass is 32.2. The number of benzene rings is 2. The molecule has 1 aliphatic heterocycles. The lowest BCUT2D eigenvalue weighted by molar-refractivity contribution is 0.0323. The molecule has 0 bridgehead atoms. The molecule has 0 aromatic heterocycles. The van der Waals surface area contributed by atoms with Crippen molar-refractivity contribution < 1.29 is 22.3 Å². The SMILES string of the molecule is Cc1ccc(S(=O)(=O)N2CC(CF)(c3ccccc3)OC2=O)cc1. The number of halogens is 1. The second-order valence-corrected chi connectivity index (χ2v) is 7.55. The Morgan fingerprint density at radius 3 is 2.33 bits per heavy atom. The third-order valence-corrected chi connectivity index (χ3v) is 5.74. The van der Waals surface area contributed by atoms with E-state index >= 15 is 0 Å². The fraction of sp³-hybridized carbons (Fsp3) is 0.235. The smallest absolute Gasteiger partial charge is 0.425 e. The van der Waals surface area contributed by atoms with Gasteiger partial charge in [0.05, 0.1) is 11.4 Å². The van der Waals surface area contributed by atoms with Crippen LogP contribution in [-0.2, 0) is 20.4 Å². The highest BCUT2D eigenvalue weighted by Gasteiger charge is 2.51. The monoisotopic (exact) mass is 349 g/mol. The minimum Gasteiger partial charge on any atom is -0.432 e. The second kappa shape index (κ2) is 5.90. The summed E-state index contributed by atoms with van der Waals surface area (Å²) in [4.78, 5) is 12.1. The van der Waals surface area contributed by atoms with Gasteiger partial charge < -0.3 is 4.74 Å². The number of nitrogens with zero attached hydrogens (tertiary/aromatic N) is 1. The number of aryl methyl sites for hydroxylation is 1. The first-order chi connectivity index (χ1) is 11.4. The van der Waals surface area contributed by atoms with Crippen LogP contribution < -0.4 is 0 Å². The van der Waals surface area contributed by atoms with E-state index in [1.807, 2.05) is 6.92 Å². The van der Waals surface area contributed by atoms with Crippen LogP contribution in [0.3, 0.4) is 0 Å². The topological polar surface area (TPSA) is 63.7 Å². The van der Waals surface area contributed by atoms with E-state index in [1.165, 1.54) is 12.1 Å². The summed E-state index contributed by atoms with van der Waals surface area (Å²) in [5.74, 6) is 0. The average molecular weight is 349 g/mol. The number of cyclic esters (lactones) is 1. The molecule has 1 amide bonds. The normalized spacial score (nSPS) is 20.9. The molecule has 1 aliphatic rings. The van der Waals surface area contributed by atoms with Gasteiger partial charge in [0.1, 0.15) is 6.67 Å². The first-order valence-corrected chi connectivity index (χ1v) is 8.77.